The molecule has 3 rings (SSSR count). The summed E-state index contributed by atoms with van der Waals surface area (Å²) in [7, 11) is -3.62. The van der Waals surface area contributed by atoms with Crippen molar-refractivity contribution in [3.05, 3.63) is 29.8 Å². The molecule has 2 aliphatic rings. The maximum atomic E-state index is 12.5. The van der Waals surface area contributed by atoms with Gasteiger partial charge in [-0.2, -0.15) is 4.31 Å². The van der Waals surface area contributed by atoms with Crippen LogP contribution in [0.25, 0.3) is 0 Å². The third kappa shape index (κ3) is 3.39. The van der Waals surface area contributed by atoms with Crippen molar-refractivity contribution in [3.8, 4) is 0 Å². The van der Waals surface area contributed by atoms with Crippen molar-refractivity contribution >= 4 is 21.9 Å². The third-order valence-electron chi connectivity index (χ3n) is 4.69. The molecule has 1 aromatic carbocycles. The van der Waals surface area contributed by atoms with Crippen LogP contribution in [0.15, 0.2) is 29.2 Å². The predicted octanol–water partition coefficient (Wildman–Crippen LogP) is 0.445. The fourth-order valence-electron chi connectivity index (χ4n) is 2.93. The Morgan fingerprint density at radius 3 is 2.20 bits per heavy atom. The Balaban J connectivity index is 1.73. The summed E-state index contributed by atoms with van der Waals surface area (Å²) in [5.74, 6) is -1.56. The van der Waals surface area contributed by atoms with Gasteiger partial charge in [0.05, 0.1) is 18.1 Å². The van der Waals surface area contributed by atoms with Crippen molar-refractivity contribution in [1.29, 1.82) is 0 Å². The number of aliphatic carboxylic acids is 1. The number of benzene rings is 1. The molecule has 2 fully saturated rings. The van der Waals surface area contributed by atoms with Crippen molar-refractivity contribution in [2.75, 3.05) is 26.3 Å². The molecule has 1 aliphatic carbocycles. The van der Waals surface area contributed by atoms with Crippen molar-refractivity contribution in [3.63, 3.8) is 0 Å². The Hall–Kier alpha value is -1.97. The first kappa shape index (κ1) is 17.8. The van der Waals surface area contributed by atoms with Gasteiger partial charge in [-0.1, -0.05) is 0 Å². The van der Waals surface area contributed by atoms with E-state index in [0.29, 0.717) is 39.1 Å². The van der Waals surface area contributed by atoms with Crippen LogP contribution in [0.2, 0.25) is 0 Å². The fraction of sp³-hybridized carbons (Fsp3) is 0.500. The lowest BCUT2D eigenvalue weighted by molar-refractivity contribution is -0.148. The zero-order valence-corrected chi connectivity index (χ0v) is 14.4. The van der Waals surface area contributed by atoms with Crippen molar-refractivity contribution in [1.82, 2.24) is 9.62 Å². The predicted molar refractivity (Wildman–Crippen MR) is 87.7 cm³/mol. The number of hydrogen-bond acceptors (Lipinski definition) is 5. The minimum atomic E-state index is -3.62. The van der Waals surface area contributed by atoms with Crippen molar-refractivity contribution < 1.29 is 27.9 Å². The number of hydrogen-bond donors (Lipinski definition) is 2. The molecular formula is C16H20N2O6S. The number of morpholine rings is 1. The van der Waals surface area contributed by atoms with Gasteiger partial charge in [-0.25, -0.2) is 13.2 Å². The number of rotatable bonds is 5. The summed E-state index contributed by atoms with van der Waals surface area (Å²) in [5.41, 5.74) is -0.969. The molecular weight excluding hydrogens is 348 g/mol. The van der Waals surface area contributed by atoms with Gasteiger partial charge in [-0.15, -0.1) is 0 Å². The summed E-state index contributed by atoms with van der Waals surface area (Å²) >= 11 is 0. The molecule has 0 bridgehead atoms. The average molecular weight is 368 g/mol. The highest BCUT2D eigenvalue weighted by atomic mass is 32.2. The molecule has 1 aliphatic heterocycles. The Labute approximate surface area is 145 Å². The smallest absolute Gasteiger partial charge is 0.329 e. The normalized spacial score (nSPS) is 20.5. The summed E-state index contributed by atoms with van der Waals surface area (Å²) in [6.45, 7) is 1.31. The van der Waals surface area contributed by atoms with E-state index in [1.807, 2.05) is 0 Å². The molecule has 8 nitrogen and oxygen atoms in total. The van der Waals surface area contributed by atoms with Crippen LogP contribution in [0.3, 0.4) is 0 Å². The summed E-state index contributed by atoms with van der Waals surface area (Å²) in [6.07, 6.45) is 1.55. The van der Waals surface area contributed by atoms with Crippen LogP contribution in [0.1, 0.15) is 29.6 Å². The standard InChI is InChI=1S/C16H20N2O6S/c19-14(17-16(15(20)21)6-1-7-16)12-2-4-13(5-3-12)25(22,23)18-8-10-24-11-9-18/h2-5H,1,6-11H2,(H,17,19)(H,20,21). The molecule has 136 valence electrons. The lowest BCUT2D eigenvalue weighted by atomic mass is 9.76. The Morgan fingerprint density at radius 1 is 1.12 bits per heavy atom. The van der Waals surface area contributed by atoms with Gasteiger partial charge in [0.25, 0.3) is 5.91 Å². The van der Waals surface area contributed by atoms with Crippen LogP contribution in [0.4, 0.5) is 0 Å². The zero-order chi connectivity index (χ0) is 18.1. The largest absolute Gasteiger partial charge is 0.480 e. The fourth-order valence-corrected chi connectivity index (χ4v) is 4.33. The zero-order valence-electron chi connectivity index (χ0n) is 13.6. The van der Waals surface area contributed by atoms with E-state index < -0.39 is 27.4 Å². The Bertz CT molecular complexity index is 764. The topological polar surface area (TPSA) is 113 Å². The average Bonchev–Trinajstić information content (AvgIpc) is 2.58. The highest BCUT2D eigenvalue weighted by Crippen LogP contribution is 2.32. The molecule has 0 radical (unpaired) electrons. The second kappa shape index (κ2) is 6.74. The molecule has 1 saturated carbocycles. The molecule has 25 heavy (non-hydrogen) atoms. The van der Waals surface area contributed by atoms with E-state index >= 15 is 0 Å². The molecule has 1 amide bonds. The maximum Gasteiger partial charge on any atom is 0.329 e. The number of sulfonamides is 1. The molecule has 0 spiro atoms. The van der Waals surface area contributed by atoms with Crippen LogP contribution in [-0.2, 0) is 19.6 Å². The number of nitrogens with one attached hydrogen (secondary N) is 1. The van der Waals surface area contributed by atoms with E-state index in [1.54, 1.807) is 0 Å². The number of ether oxygens (including phenoxy) is 1. The molecule has 0 unspecified atom stereocenters. The van der Waals surface area contributed by atoms with E-state index in [9.17, 15) is 23.1 Å². The minimum Gasteiger partial charge on any atom is -0.480 e. The van der Waals surface area contributed by atoms with Crippen LogP contribution in [0, 0.1) is 0 Å². The van der Waals surface area contributed by atoms with Gasteiger partial charge in [0.1, 0.15) is 5.54 Å². The van der Waals surface area contributed by atoms with Crippen molar-refractivity contribution in [2.24, 2.45) is 0 Å². The summed E-state index contributed by atoms with van der Waals surface area (Å²) in [6, 6.07) is 5.54. The van der Waals surface area contributed by atoms with Gasteiger partial charge in [0.2, 0.25) is 10.0 Å². The summed E-state index contributed by atoms with van der Waals surface area (Å²) in [4.78, 5) is 23.7. The quantitative estimate of drug-likeness (QED) is 0.780. The van der Waals surface area contributed by atoms with Gasteiger partial charge in [0.15, 0.2) is 0 Å². The van der Waals surface area contributed by atoms with E-state index in [1.165, 1.54) is 28.6 Å². The van der Waals surface area contributed by atoms with Crippen molar-refractivity contribution in [2.45, 2.75) is 29.7 Å². The Kier molecular flexibility index (Phi) is 4.81. The SMILES string of the molecule is O=C(NC1(C(=O)O)CCC1)c1ccc(S(=O)(=O)N2CCOCC2)cc1. The highest BCUT2D eigenvalue weighted by molar-refractivity contribution is 7.89. The van der Waals surface area contributed by atoms with E-state index in [0.717, 1.165) is 6.42 Å². The van der Waals surface area contributed by atoms with Gasteiger partial charge in [-0.05, 0) is 43.5 Å². The maximum absolute atomic E-state index is 12.5. The molecule has 2 N–H and O–H groups in total. The second-order valence-electron chi connectivity index (χ2n) is 6.24. The molecule has 0 aromatic heterocycles. The summed E-state index contributed by atoms with van der Waals surface area (Å²) in [5, 5.41) is 11.8. The molecule has 1 saturated heterocycles. The number of carboxylic acid groups (broad SMARTS) is 1. The number of nitrogens with zero attached hydrogens (tertiary/aromatic N) is 1. The van der Waals surface area contributed by atoms with Gasteiger partial charge in [-0.3, -0.25) is 4.79 Å². The van der Waals surface area contributed by atoms with Gasteiger partial charge in [0, 0.05) is 18.7 Å². The Morgan fingerprint density at radius 2 is 1.72 bits per heavy atom. The lowest BCUT2D eigenvalue weighted by Gasteiger charge is -2.38. The van der Waals surface area contributed by atoms with Crippen LogP contribution < -0.4 is 5.32 Å². The second-order valence-corrected chi connectivity index (χ2v) is 8.17. The van der Waals surface area contributed by atoms with E-state index in [-0.39, 0.29) is 10.5 Å². The van der Waals surface area contributed by atoms with Gasteiger partial charge < -0.3 is 15.2 Å². The highest BCUT2D eigenvalue weighted by Gasteiger charge is 2.45. The number of carbonyl (C=O) groups is 2. The lowest BCUT2D eigenvalue weighted by Crippen LogP contribution is -2.59. The van der Waals surface area contributed by atoms with E-state index in [4.69, 9.17) is 4.74 Å². The first-order valence-electron chi connectivity index (χ1n) is 8.09. The number of amides is 1. The number of carbonyl (C=O) groups excluding carboxylic acids is 1. The minimum absolute atomic E-state index is 0.0996. The monoisotopic (exact) mass is 368 g/mol. The van der Waals surface area contributed by atoms with Gasteiger partial charge >= 0.3 is 5.97 Å². The third-order valence-corrected chi connectivity index (χ3v) is 6.61. The molecule has 0 atom stereocenters. The van der Waals surface area contributed by atoms with Crippen LogP contribution in [-0.4, -0.2) is 61.5 Å². The first-order valence-corrected chi connectivity index (χ1v) is 9.53. The molecule has 1 aromatic rings. The van der Waals surface area contributed by atoms with E-state index in [2.05, 4.69) is 5.32 Å². The molecule has 1 heterocycles. The first-order chi connectivity index (χ1) is 11.8. The number of carboxylic acids is 1. The van der Waals surface area contributed by atoms with Crippen LogP contribution in [0.5, 0.6) is 0 Å². The molecule has 9 heteroatoms. The van der Waals surface area contributed by atoms with Crippen LogP contribution >= 0.6 is 0 Å². The summed E-state index contributed by atoms with van der Waals surface area (Å²) < 4.78 is 31.6.